The van der Waals surface area contributed by atoms with Crippen molar-refractivity contribution < 1.29 is 4.42 Å². The van der Waals surface area contributed by atoms with Gasteiger partial charge in [0.2, 0.25) is 0 Å². The van der Waals surface area contributed by atoms with Crippen LogP contribution in [0.15, 0.2) is 28.4 Å². The minimum absolute atomic E-state index is 0.795. The molecular weight excluding hydrogens is 148 g/mol. The first-order valence-corrected chi connectivity index (χ1v) is 3.97. The van der Waals surface area contributed by atoms with E-state index in [0.717, 1.165) is 18.6 Å². The van der Waals surface area contributed by atoms with Crippen LogP contribution in [0, 0.1) is 12.3 Å². The van der Waals surface area contributed by atoms with Crippen molar-refractivity contribution in [3.8, 4) is 12.3 Å². The SMILES string of the molecule is C#CCC/C(C)=C/c1ccco1. The zero-order chi connectivity index (χ0) is 8.81. The molecule has 0 unspecified atom stereocenters. The van der Waals surface area contributed by atoms with Gasteiger partial charge in [0.25, 0.3) is 0 Å². The second-order valence-corrected chi connectivity index (χ2v) is 2.71. The van der Waals surface area contributed by atoms with Gasteiger partial charge in [0.05, 0.1) is 6.26 Å². The van der Waals surface area contributed by atoms with Gasteiger partial charge in [0, 0.05) is 6.42 Å². The first-order valence-electron chi connectivity index (χ1n) is 3.97. The van der Waals surface area contributed by atoms with Gasteiger partial charge in [-0.05, 0) is 31.6 Å². The van der Waals surface area contributed by atoms with Crippen molar-refractivity contribution in [2.24, 2.45) is 0 Å². The molecule has 0 bridgehead atoms. The van der Waals surface area contributed by atoms with E-state index in [-0.39, 0.29) is 0 Å². The van der Waals surface area contributed by atoms with Gasteiger partial charge < -0.3 is 4.42 Å². The molecule has 0 atom stereocenters. The molecule has 0 amide bonds. The van der Waals surface area contributed by atoms with E-state index in [1.165, 1.54) is 5.57 Å². The highest BCUT2D eigenvalue weighted by atomic mass is 16.3. The largest absolute Gasteiger partial charge is 0.465 e. The lowest BCUT2D eigenvalue weighted by Crippen LogP contribution is -1.75. The molecule has 1 aromatic heterocycles. The molecule has 0 aliphatic rings. The van der Waals surface area contributed by atoms with Crippen LogP contribution in [0.3, 0.4) is 0 Å². The predicted octanol–water partition coefficient (Wildman–Crippen LogP) is 3.10. The molecule has 0 spiro atoms. The Morgan fingerprint density at radius 1 is 1.75 bits per heavy atom. The molecule has 0 aliphatic heterocycles. The van der Waals surface area contributed by atoms with Crippen molar-refractivity contribution in [1.29, 1.82) is 0 Å². The summed E-state index contributed by atoms with van der Waals surface area (Å²) in [5.74, 6) is 3.50. The van der Waals surface area contributed by atoms with E-state index < -0.39 is 0 Å². The first-order chi connectivity index (χ1) is 5.83. The number of hydrogen-bond acceptors (Lipinski definition) is 1. The second kappa shape index (κ2) is 4.46. The van der Waals surface area contributed by atoms with Crippen LogP contribution in [-0.2, 0) is 0 Å². The third-order valence-electron chi connectivity index (χ3n) is 1.60. The zero-order valence-corrected chi connectivity index (χ0v) is 7.21. The zero-order valence-electron chi connectivity index (χ0n) is 7.21. The molecule has 1 heteroatoms. The Kier molecular flexibility index (Phi) is 3.22. The maximum Gasteiger partial charge on any atom is 0.126 e. The Bertz CT molecular complexity index is 285. The summed E-state index contributed by atoms with van der Waals surface area (Å²) >= 11 is 0. The fraction of sp³-hybridized carbons (Fsp3) is 0.273. The fourth-order valence-electron chi connectivity index (χ4n) is 0.958. The van der Waals surface area contributed by atoms with Crippen LogP contribution in [0.4, 0.5) is 0 Å². The molecular formula is C11H12O. The summed E-state index contributed by atoms with van der Waals surface area (Å²) in [5.41, 5.74) is 1.25. The predicted molar refractivity (Wildman–Crippen MR) is 50.4 cm³/mol. The Morgan fingerprint density at radius 2 is 2.58 bits per heavy atom. The smallest absolute Gasteiger partial charge is 0.126 e. The Hall–Kier alpha value is -1.42. The second-order valence-electron chi connectivity index (χ2n) is 2.71. The summed E-state index contributed by atoms with van der Waals surface area (Å²) in [6.07, 6.45) is 10.6. The molecule has 0 aliphatic carbocycles. The monoisotopic (exact) mass is 160 g/mol. The van der Waals surface area contributed by atoms with Crippen LogP contribution in [-0.4, -0.2) is 0 Å². The van der Waals surface area contributed by atoms with Crippen LogP contribution >= 0.6 is 0 Å². The summed E-state index contributed by atoms with van der Waals surface area (Å²) in [6, 6.07) is 3.81. The van der Waals surface area contributed by atoms with Crippen molar-refractivity contribution in [2.75, 3.05) is 0 Å². The Balaban J connectivity index is 2.53. The van der Waals surface area contributed by atoms with Crippen LogP contribution in [0.25, 0.3) is 6.08 Å². The minimum Gasteiger partial charge on any atom is -0.465 e. The molecule has 1 aromatic rings. The fourth-order valence-corrected chi connectivity index (χ4v) is 0.958. The van der Waals surface area contributed by atoms with Crippen LogP contribution < -0.4 is 0 Å². The van der Waals surface area contributed by atoms with Gasteiger partial charge in [0.1, 0.15) is 5.76 Å². The molecule has 0 saturated carbocycles. The van der Waals surface area contributed by atoms with Gasteiger partial charge in [-0.3, -0.25) is 0 Å². The number of rotatable bonds is 3. The summed E-state index contributed by atoms with van der Waals surface area (Å²) < 4.78 is 5.16. The summed E-state index contributed by atoms with van der Waals surface area (Å²) in [6.45, 7) is 2.06. The van der Waals surface area contributed by atoms with Gasteiger partial charge in [-0.15, -0.1) is 12.3 Å². The quantitative estimate of drug-likeness (QED) is 0.619. The molecule has 0 N–H and O–H groups in total. The van der Waals surface area contributed by atoms with E-state index in [4.69, 9.17) is 10.8 Å². The van der Waals surface area contributed by atoms with Crippen molar-refractivity contribution in [1.82, 2.24) is 0 Å². The van der Waals surface area contributed by atoms with E-state index in [0.29, 0.717) is 0 Å². The highest BCUT2D eigenvalue weighted by Crippen LogP contribution is 2.10. The summed E-state index contributed by atoms with van der Waals surface area (Å²) in [4.78, 5) is 0. The summed E-state index contributed by atoms with van der Waals surface area (Å²) in [5, 5.41) is 0. The van der Waals surface area contributed by atoms with Crippen molar-refractivity contribution in [3.05, 3.63) is 29.7 Å². The van der Waals surface area contributed by atoms with E-state index in [9.17, 15) is 0 Å². The molecule has 0 radical (unpaired) electrons. The summed E-state index contributed by atoms with van der Waals surface area (Å²) in [7, 11) is 0. The Morgan fingerprint density at radius 3 is 3.17 bits per heavy atom. The lowest BCUT2D eigenvalue weighted by atomic mass is 10.1. The number of hydrogen-bond donors (Lipinski definition) is 0. The number of allylic oxidation sites excluding steroid dienone is 1. The van der Waals surface area contributed by atoms with E-state index in [1.807, 2.05) is 18.2 Å². The highest BCUT2D eigenvalue weighted by Gasteiger charge is 1.91. The van der Waals surface area contributed by atoms with Gasteiger partial charge in [-0.2, -0.15) is 0 Å². The topological polar surface area (TPSA) is 13.1 Å². The molecule has 1 nitrogen and oxygen atoms in total. The van der Waals surface area contributed by atoms with Crippen LogP contribution in [0.5, 0.6) is 0 Å². The lowest BCUT2D eigenvalue weighted by Gasteiger charge is -1.94. The molecule has 0 saturated heterocycles. The maximum absolute atomic E-state index is 5.16. The molecule has 1 rings (SSSR count). The lowest BCUT2D eigenvalue weighted by molar-refractivity contribution is 0.556. The molecule has 1 heterocycles. The third-order valence-corrected chi connectivity index (χ3v) is 1.60. The number of terminal acetylenes is 1. The van der Waals surface area contributed by atoms with E-state index in [1.54, 1.807) is 6.26 Å². The van der Waals surface area contributed by atoms with E-state index in [2.05, 4.69) is 12.8 Å². The van der Waals surface area contributed by atoms with Crippen LogP contribution in [0.1, 0.15) is 25.5 Å². The van der Waals surface area contributed by atoms with Gasteiger partial charge in [-0.25, -0.2) is 0 Å². The first kappa shape index (κ1) is 8.67. The van der Waals surface area contributed by atoms with Gasteiger partial charge in [-0.1, -0.05) is 5.57 Å². The van der Waals surface area contributed by atoms with E-state index >= 15 is 0 Å². The van der Waals surface area contributed by atoms with Gasteiger partial charge >= 0.3 is 0 Å². The normalized spacial score (nSPS) is 11.2. The molecule has 62 valence electrons. The standard InChI is InChI=1S/C11H12O/c1-3-4-6-10(2)9-11-7-5-8-12-11/h1,5,7-9H,4,6H2,2H3/b10-9+. The molecule has 0 aromatic carbocycles. The van der Waals surface area contributed by atoms with Gasteiger partial charge in [0.15, 0.2) is 0 Å². The number of furan rings is 1. The average Bonchev–Trinajstić information content (AvgIpc) is 2.53. The third kappa shape index (κ3) is 2.67. The molecule has 12 heavy (non-hydrogen) atoms. The van der Waals surface area contributed by atoms with Crippen LogP contribution in [0.2, 0.25) is 0 Å². The Labute approximate surface area is 73.1 Å². The van der Waals surface area contributed by atoms with Crippen molar-refractivity contribution in [2.45, 2.75) is 19.8 Å². The highest BCUT2D eigenvalue weighted by molar-refractivity contribution is 5.46. The maximum atomic E-state index is 5.16. The minimum atomic E-state index is 0.795. The van der Waals surface area contributed by atoms with Crippen molar-refractivity contribution in [3.63, 3.8) is 0 Å². The molecule has 0 fully saturated rings. The van der Waals surface area contributed by atoms with Crippen molar-refractivity contribution >= 4 is 6.08 Å². The average molecular weight is 160 g/mol.